The fourth-order valence-corrected chi connectivity index (χ4v) is 4.74. The largest absolute Gasteiger partial charge is 0.338 e. The van der Waals surface area contributed by atoms with Gasteiger partial charge in [0.1, 0.15) is 0 Å². The van der Waals surface area contributed by atoms with Gasteiger partial charge < -0.3 is 14.7 Å². The molecule has 1 saturated heterocycles. The highest BCUT2D eigenvalue weighted by Crippen LogP contribution is 2.37. The predicted octanol–water partition coefficient (Wildman–Crippen LogP) is 4.41. The van der Waals surface area contributed by atoms with Crippen molar-refractivity contribution in [2.24, 2.45) is 0 Å². The Hall–Kier alpha value is -2.19. The molecule has 1 amide bonds. The molecule has 3 heterocycles. The van der Waals surface area contributed by atoms with Crippen molar-refractivity contribution < 1.29 is 13.6 Å². The van der Waals surface area contributed by atoms with Crippen molar-refractivity contribution in [2.75, 3.05) is 38.6 Å². The molecule has 0 aliphatic carbocycles. The van der Waals surface area contributed by atoms with Crippen LogP contribution in [0.15, 0.2) is 18.2 Å². The number of hydrogen-bond donors (Lipinski definition) is 0. The molecule has 0 unspecified atom stereocenters. The smallest absolute Gasteiger partial charge is 0.265 e. The Kier molecular flexibility index (Phi) is 6.21. The zero-order valence-electron chi connectivity index (χ0n) is 18.1. The summed E-state index contributed by atoms with van der Waals surface area (Å²) in [7, 11) is 3.95. The number of anilines is 2. The molecule has 0 bridgehead atoms. The quantitative estimate of drug-likeness (QED) is 0.690. The van der Waals surface area contributed by atoms with Gasteiger partial charge in [-0.25, -0.2) is 8.78 Å². The zero-order chi connectivity index (χ0) is 22.3. The van der Waals surface area contributed by atoms with Gasteiger partial charge in [0.05, 0.1) is 12.6 Å². The number of halogens is 3. The topological polar surface area (TPSA) is 44.6 Å². The second kappa shape index (κ2) is 8.74. The summed E-state index contributed by atoms with van der Waals surface area (Å²) >= 11 is 5.96. The first kappa shape index (κ1) is 22.0. The van der Waals surface area contributed by atoms with E-state index < -0.39 is 6.43 Å². The summed E-state index contributed by atoms with van der Waals surface area (Å²) in [5, 5.41) is 5.02. The van der Waals surface area contributed by atoms with E-state index in [4.69, 9.17) is 16.7 Å². The van der Waals surface area contributed by atoms with Crippen LogP contribution in [0.3, 0.4) is 0 Å². The van der Waals surface area contributed by atoms with Crippen molar-refractivity contribution in [3.63, 3.8) is 0 Å². The van der Waals surface area contributed by atoms with Gasteiger partial charge in [-0.3, -0.25) is 9.48 Å². The fourth-order valence-electron chi connectivity index (χ4n) is 4.54. The first-order valence-electron chi connectivity index (χ1n) is 10.6. The predicted molar refractivity (Wildman–Crippen MR) is 117 cm³/mol. The molecule has 4 rings (SSSR count). The first-order chi connectivity index (χ1) is 14.8. The second-order valence-corrected chi connectivity index (χ2v) is 8.89. The van der Waals surface area contributed by atoms with Crippen LogP contribution in [0.4, 0.5) is 20.3 Å². The minimum absolute atomic E-state index is 0.0257. The van der Waals surface area contributed by atoms with Crippen molar-refractivity contribution >= 4 is 29.0 Å². The van der Waals surface area contributed by atoms with E-state index in [1.165, 1.54) is 12.1 Å². The number of piperidine rings is 1. The number of likely N-dealkylation sites (tertiary alicyclic amines) is 1. The van der Waals surface area contributed by atoms with Gasteiger partial charge in [-0.15, -0.1) is 0 Å². The van der Waals surface area contributed by atoms with Gasteiger partial charge in [0.2, 0.25) is 5.91 Å². The van der Waals surface area contributed by atoms with Crippen LogP contribution in [0.25, 0.3) is 0 Å². The van der Waals surface area contributed by atoms with Crippen molar-refractivity contribution in [1.29, 1.82) is 0 Å². The van der Waals surface area contributed by atoms with Crippen LogP contribution in [-0.2, 0) is 17.8 Å². The molecule has 2 aliphatic rings. The molecule has 0 spiro atoms. The van der Waals surface area contributed by atoms with Crippen molar-refractivity contribution in [3.8, 4) is 0 Å². The van der Waals surface area contributed by atoms with Crippen molar-refractivity contribution in [1.82, 2.24) is 19.6 Å². The summed E-state index contributed by atoms with van der Waals surface area (Å²) in [4.78, 5) is 18.0. The lowest BCUT2D eigenvalue weighted by Gasteiger charge is -2.32. The average molecular weight is 452 g/mol. The molecule has 6 nitrogen and oxygen atoms in total. The lowest BCUT2D eigenvalue weighted by Crippen LogP contribution is -2.36. The van der Waals surface area contributed by atoms with E-state index in [1.807, 2.05) is 16.8 Å². The van der Waals surface area contributed by atoms with Gasteiger partial charge in [0.15, 0.2) is 5.82 Å². The lowest BCUT2D eigenvalue weighted by molar-refractivity contribution is -0.129. The molecule has 168 valence electrons. The molecule has 2 aliphatic heterocycles. The molecule has 2 aromatic rings. The van der Waals surface area contributed by atoms with Crippen LogP contribution in [0, 0.1) is 0 Å². The maximum atomic E-state index is 13.4. The third-order valence-electron chi connectivity index (χ3n) is 6.46. The van der Waals surface area contributed by atoms with E-state index in [0.29, 0.717) is 30.6 Å². The maximum absolute atomic E-state index is 13.4. The van der Waals surface area contributed by atoms with E-state index in [9.17, 15) is 13.6 Å². The average Bonchev–Trinajstić information content (AvgIpc) is 3.12. The minimum atomic E-state index is -2.65. The molecule has 1 fully saturated rings. The van der Waals surface area contributed by atoms with Crippen LogP contribution in [0.1, 0.15) is 49.1 Å². The molecule has 31 heavy (non-hydrogen) atoms. The van der Waals surface area contributed by atoms with E-state index in [2.05, 4.69) is 16.6 Å². The van der Waals surface area contributed by atoms with Crippen LogP contribution in [0.5, 0.6) is 0 Å². The number of carbonyl (C=O) groups excluding carboxylic acids is 1. The van der Waals surface area contributed by atoms with Crippen molar-refractivity contribution in [3.05, 3.63) is 40.0 Å². The molecular formula is C22H28ClF2N5O. The second-order valence-electron chi connectivity index (χ2n) is 8.48. The summed E-state index contributed by atoms with van der Waals surface area (Å²) < 4.78 is 28.9. The van der Waals surface area contributed by atoms with E-state index in [1.54, 1.807) is 13.0 Å². The zero-order valence-corrected chi connectivity index (χ0v) is 18.9. The standard InChI is InChI=1S/C22H28ClF2N5O/c1-14(31)29-11-8-20-18(13-29)22(26-30(20)15-6-9-27(2)10-7-15)28(3)16-4-5-19(23)17(12-16)21(24)25/h4-5,12,15,21H,6-11,13H2,1-3H3. The summed E-state index contributed by atoms with van der Waals surface area (Å²) in [6.07, 6.45) is 0.117. The molecule has 0 saturated carbocycles. The SMILES string of the molecule is CC(=O)N1CCc2c(c(N(C)c3ccc(Cl)c(C(F)F)c3)nn2C2CCN(C)CC2)C1. The summed E-state index contributed by atoms with van der Waals surface area (Å²) in [5.74, 6) is 0.736. The number of amides is 1. The molecular weight excluding hydrogens is 424 g/mol. The van der Waals surface area contributed by atoms with Gasteiger partial charge >= 0.3 is 0 Å². The highest BCUT2D eigenvalue weighted by Gasteiger charge is 2.31. The Labute approximate surface area is 186 Å². The van der Waals surface area contributed by atoms with E-state index in [-0.39, 0.29) is 16.5 Å². The third-order valence-corrected chi connectivity index (χ3v) is 6.81. The monoisotopic (exact) mass is 451 g/mol. The summed E-state index contributed by atoms with van der Waals surface area (Å²) in [5.41, 5.74) is 2.55. The number of aromatic nitrogens is 2. The molecule has 0 atom stereocenters. The highest BCUT2D eigenvalue weighted by molar-refractivity contribution is 6.31. The number of benzene rings is 1. The Balaban J connectivity index is 1.74. The van der Waals surface area contributed by atoms with Crippen LogP contribution in [-0.4, -0.2) is 59.2 Å². The number of rotatable bonds is 4. The third kappa shape index (κ3) is 4.28. The summed E-state index contributed by atoms with van der Waals surface area (Å²) in [6, 6.07) is 4.94. The summed E-state index contributed by atoms with van der Waals surface area (Å²) in [6.45, 7) is 4.74. The molecule has 1 aromatic heterocycles. The number of nitrogens with zero attached hydrogens (tertiary/aromatic N) is 5. The number of hydrogen-bond acceptors (Lipinski definition) is 4. The van der Waals surface area contributed by atoms with E-state index in [0.717, 1.165) is 43.6 Å². The normalized spacial score (nSPS) is 17.8. The molecule has 9 heteroatoms. The first-order valence-corrected chi connectivity index (χ1v) is 11.0. The fraction of sp³-hybridized carbons (Fsp3) is 0.545. The highest BCUT2D eigenvalue weighted by atomic mass is 35.5. The lowest BCUT2D eigenvalue weighted by atomic mass is 10.0. The number of carbonyl (C=O) groups is 1. The Morgan fingerprint density at radius 2 is 1.97 bits per heavy atom. The van der Waals surface area contributed by atoms with Gasteiger partial charge in [0.25, 0.3) is 6.43 Å². The minimum Gasteiger partial charge on any atom is -0.338 e. The van der Waals surface area contributed by atoms with Gasteiger partial charge in [0, 0.05) is 54.5 Å². The molecule has 0 N–H and O–H groups in total. The van der Waals surface area contributed by atoms with Crippen LogP contribution < -0.4 is 4.90 Å². The van der Waals surface area contributed by atoms with Gasteiger partial charge in [-0.2, -0.15) is 5.10 Å². The molecule has 0 radical (unpaired) electrons. The van der Waals surface area contributed by atoms with Crippen LogP contribution >= 0.6 is 11.6 Å². The number of alkyl halides is 2. The maximum Gasteiger partial charge on any atom is 0.265 e. The van der Waals surface area contributed by atoms with Crippen LogP contribution in [0.2, 0.25) is 5.02 Å². The van der Waals surface area contributed by atoms with Crippen molar-refractivity contribution in [2.45, 2.75) is 45.2 Å². The number of fused-ring (bicyclic) bond motifs is 1. The van der Waals surface area contributed by atoms with Gasteiger partial charge in [-0.1, -0.05) is 11.6 Å². The Morgan fingerprint density at radius 3 is 2.61 bits per heavy atom. The van der Waals surface area contributed by atoms with Gasteiger partial charge in [-0.05, 0) is 51.2 Å². The molecule has 1 aromatic carbocycles. The Bertz CT molecular complexity index is 971. The Morgan fingerprint density at radius 1 is 1.26 bits per heavy atom. The van der Waals surface area contributed by atoms with E-state index >= 15 is 0 Å².